The zero-order valence-corrected chi connectivity index (χ0v) is 52.6. The largest absolute Gasteiger partial charge is 0.481 e. The van der Waals surface area contributed by atoms with Crippen LogP contribution in [0.25, 0.3) is 0 Å². The Balaban J connectivity index is 3.40. The Morgan fingerprint density at radius 3 is 1.32 bits per heavy atom. The molecule has 0 aliphatic rings. The predicted molar refractivity (Wildman–Crippen MR) is 327 cm³/mol. The summed E-state index contributed by atoms with van der Waals surface area (Å²) in [7, 11) is 0. The van der Waals surface area contributed by atoms with Crippen LogP contribution < -0.4 is 76.1 Å². The van der Waals surface area contributed by atoms with Crippen LogP contribution in [0, 0.1) is 23.6 Å². The van der Waals surface area contributed by atoms with Crippen molar-refractivity contribution in [2.45, 2.75) is 192 Å². The Bertz CT molecular complexity index is 2600. The molecule has 0 heterocycles. The second-order valence-corrected chi connectivity index (χ2v) is 23.0. The summed E-state index contributed by atoms with van der Waals surface area (Å²) in [6.45, 7) is 9.90. The molecule has 90 heavy (non-hydrogen) atoms. The van der Waals surface area contributed by atoms with Gasteiger partial charge in [-0.15, -0.1) is 0 Å². The SMILES string of the molecule is CC[C@H](C)[C@H](N)C(=O)N[C@@H](CCCCN)C(=O)N[C@@H](CCC(=O)O)C(=O)N[C@@H](CC(N)=O)C(=O)N[C@@H](CC(C)C)C(=O)N[C@@H](CCCCN)C(=O)N[C@@H](CC(=O)O)C(=O)N[C@@H](CS)C(=O)NCC(=O)N[C@@H](CC(C)C)C(=O)N[C@@H](Cc1ccc(F)cc1)C(=O)O. The normalized spacial score (nSPS) is 14.8. The fourth-order valence-electron chi connectivity index (χ4n) is 8.73. The van der Waals surface area contributed by atoms with E-state index < -0.39 is 187 Å². The van der Waals surface area contributed by atoms with E-state index >= 15 is 0 Å². The van der Waals surface area contributed by atoms with Gasteiger partial charge in [0.1, 0.15) is 60.2 Å². The van der Waals surface area contributed by atoms with Gasteiger partial charge in [0.25, 0.3) is 0 Å². The van der Waals surface area contributed by atoms with Crippen molar-refractivity contribution >= 4 is 95.5 Å². The first kappa shape index (κ1) is 80.0. The highest BCUT2D eigenvalue weighted by Crippen LogP contribution is 2.14. The van der Waals surface area contributed by atoms with Crippen LogP contribution in [0.5, 0.6) is 0 Å². The van der Waals surface area contributed by atoms with Crippen molar-refractivity contribution in [3.63, 3.8) is 0 Å². The summed E-state index contributed by atoms with van der Waals surface area (Å²) in [6.07, 6.45) is -1.88. The van der Waals surface area contributed by atoms with Crippen LogP contribution in [0.1, 0.15) is 131 Å². The number of aliphatic carboxylic acids is 3. The number of carbonyl (C=O) groups excluding carboxylic acids is 11. The summed E-state index contributed by atoms with van der Waals surface area (Å²) in [6, 6.07) is -10.3. The maximum Gasteiger partial charge on any atom is 0.326 e. The Labute approximate surface area is 527 Å². The Kier molecular flexibility index (Phi) is 37.4. The van der Waals surface area contributed by atoms with Crippen molar-refractivity contribution < 1.29 is 86.8 Å². The number of carbonyl (C=O) groups is 14. The van der Waals surface area contributed by atoms with Gasteiger partial charge >= 0.3 is 17.9 Å². The number of rotatable bonds is 45. The van der Waals surface area contributed by atoms with Gasteiger partial charge in [-0.1, -0.05) is 60.1 Å². The minimum absolute atomic E-state index is 0.0246. The molecular weight excluding hydrogens is 1200 g/mol. The monoisotopic (exact) mass is 1300 g/mol. The van der Waals surface area contributed by atoms with Gasteiger partial charge in [-0.3, -0.25) is 62.3 Å². The lowest BCUT2D eigenvalue weighted by Gasteiger charge is -2.28. The lowest BCUT2D eigenvalue weighted by molar-refractivity contribution is -0.142. The lowest BCUT2D eigenvalue weighted by atomic mass is 9.98. The average molecular weight is 1300 g/mol. The van der Waals surface area contributed by atoms with Crippen LogP contribution in [0.4, 0.5) is 4.39 Å². The highest BCUT2D eigenvalue weighted by Gasteiger charge is 2.37. The van der Waals surface area contributed by atoms with E-state index in [1.807, 2.05) is 6.92 Å². The van der Waals surface area contributed by atoms with Crippen LogP contribution in [0.15, 0.2) is 24.3 Å². The molecule has 0 radical (unpaired) electrons. The van der Waals surface area contributed by atoms with Crippen molar-refractivity contribution in [2.24, 2.45) is 40.7 Å². The summed E-state index contributed by atoms with van der Waals surface area (Å²) in [5.74, 6) is -17.5. The van der Waals surface area contributed by atoms with E-state index in [4.69, 9.17) is 22.9 Å². The first-order chi connectivity index (χ1) is 42.3. The van der Waals surface area contributed by atoms with Crippen LogP contribution in [0.3, 0.4) is 0 Å². The molecule has 0 saturated carbocycles. The van der Waals surface area contributed by atoms with Gasteiger partial charge in [-0.2, -0.15) is 12.6 Å². The minimum Gasteiger partial charge on any atom is -0.481 e. The zero-order valence-electron chi connectivity index (χ0n) is 51.7. The molecule has 11 amide bonds. The van der Waals surface area contributed by atoms with E-state index in [2.05, 4.69) is 65.8 Å². The third-order valence-corrected chi connectivity index (χ3v) is 14.3. The summed E-state index contributed by atoms with van der Waals surface area (Å²) in [4.78, 5) is 185. The number of carboxylic acids is 3. The molecule has 1 rings (SSSR count). The van der Waals surface area contributed by atoms with Crippen molar-refractivity contribution in [3.05, 3.63) is 35.6 Å². The second kappa shape index (κ2) is 42.0. The topological polar surface area (TPSA) is 524 Å². The molecule has 0 aromatic heterocycles. The van der Waals surface area contributed by atoms with E-state index in [-0.39, 0.29) is 69.4 Å². The quantitative estimate of drug-likeness (QED) is 0.0226. The molecule has 0 fully saturated rings. The van der Waals surface area contributed by atoms with E-state index in [9.17, 15) is 86.8 Å². The summed E-state index contributed by atoms with van der Waals surface area (Å²) in [5.41, 5.74) is 23.3. The van der Waals surface area contributed by atoms with Gasteiger partial charge in [0, 0.05) is 18.6 Å². The first-order valence-corrected chi connectivity index (χ1v) is 30.4. The van der Waals surface area contributed by atoms with Crippen molar-refractivity contribution in [1.29, 1.82) is 0 Å². The van der Waals surface area contributed by atoms with Gasteiger partial charge in [0.05, 0.1) is 25.4 Å². The Morgan fingerprint density at radius 2 is 0.900 bits per heavy atom. The molecule has 1 aromatic carbocycles. The molecular formula is C57H93FN14O17S. The van der Waals surface area contributed by atoms with Crippen molar-refractivity contribution in [1.82, 2.24) is 53.2 Å². The molecule has 0 unspecified atom stereocenters. The number of primary amides is 1. The number of benzene rings is 1. The molecule has 21 N–H and O–H groups in total. The van der Waals surface area contributed by atoms with E-state index in [1.165, 1.54) is 12.1 Å². The van der Waals surface area contributed by atoms with E-state index in [1.54, 1.807) is 34.6 Å². The molecule has 1 aromatic rings. The van der Waals surface area contributed by atoms with Crippen LogP contribution >= 0.6 is 12.6 Å². The zero-order chi connectivity index (χ0) is 68.4. The number of hydrogen-bond donors (Lipinski definition) is 18. The maximum absolute atomic E-state index is 14.2. The minimum atomic E-state index is -1.93. The maximum atomic E-state index is 14.2. The number of carboxylic acid groups (broad SMARTS) is 3. The highest BCUT2D eigenvalue weighted by molar-refractivity contribution is 7.80. The molecule has 0 aliphatic carbocycles. The molecule has 33 heteroatoms. The van der Waals surface area contributed by atoms with Gasteiger partial charge in [0.15, 0.2) is 0 Å². The van der Waals surface area contributed by atoms with Crippen molar-refractivity contribution in [2.75, 3.05) is 25.4 Å². The predicted octanol–water partition coefficient (Wildman–Crippen LogP) is -3.20. The third kappa shape index (κ3) is 31.4. The van der Waals surface area contributed by atoms with E-state index in [0.717, 1.165) is 12.1 Å². The standard InChI is InChI=1S/C57H93FN14O17S/c1-7-31(6)47(62)56(87)67-35(13-9-11-21-60)49(80)66-36(18-19-45(75)76)51(82)69-39(25-43(61)73)54(85)68-38(23-30(4)5)53(84)65-34(12-8-10-20-59)50(81)70-40(26-46(77)78)55(86)72-42(28-90)48(79)63-27-44(74)64-37(22-29(2)3)52(83)71-41(57(88)89)24-32-14-16-33(58)17-15-32/h14-17,29-31,34-42,47,90H,7-13,18-28,59-60,62H2,1-6H3,(H2,61,73)(H,63,79)(H,64,74)(H,65,84)(H,66,80)(H,67,87)(H,68,85)(H,69,82)(H,70,81)(H,71,83)(H,72,86)(H,75,76)(H,77,78)(H,88,89)/t31-,34-,35-,36-,37-,38-,39-,40-,41-,42-,47-/m0/s1. The molecule has 11 atom stereocenters. The second-order valence-electron chi connectivity index (χ2n) is 22.6. The summed E-state index contributed by atoms with van der Waals surface area (Å²) >= 11 is 4.11. The first-order valence-electron chi connectivity index (χ1n) is 29.7. The molecule has 0 bridgehead atoms. The fourth-order valence-corrected chi connectivity index (χ4v) is 8.99. The van der Waals surface area contributed by atoms with Gasteiger partial charge in [0.2, 0.25) is 65.0 Å². The van der Waals surface area contributed by atoms with E-state index in [0.29, 0.717) is 31.2 Å². The summed E-state index contributed by atoms with van der Waals surface area (Å²) < 4.78 is 13.5. The number of nitrogens with one attached hydrogen (secondary N) is 10. The average Bonchev–Trinajstić information content (AvgIpc) is 1.96. The molecule has 0 aliphatic heterocycles. The van der Waals surface area contributed by atoms with Crippen LogP contribution in [-0.2, 0) is 73.5 Å². The molecule has 31 nitrogen and oxygen atoms in total. The highest BCUT2D eigenvalue weighted by atomic mass is 32.1. The number of hydrogen-bond acceptors (Lipinski definition) is 18. The van der Waals surface area contributed by atoms with Gasteiger partial charge in [-0.05, 0) is 106 Å². The number of thiol groups is 1. The number of nitrogens with two attached hydrogens (primary N) is 4. The summed E-state index contributed by atoms with van der Waals surface area (Å²) in [5, 5.41) is 53.0. The Hall–Kier alpha value is -8.04. The lowest BCUT2D eigenvalue weighted by Crippen LogP contribution is -2.61. The number of unbranched alkanes of at least 4 members (excludes halogenated alkanes) is 2. The molecule has 0 saturated heterocycles. The third-order valence-electron chi connectivity index (χ3n) is 14.0. The van der Waals surface area contributed by atoms with Crippen LogP contribution in [0.2, 0.25) is 0 Å². The smallest absolute Gasteiger partial charge is 0.326 e. The molecule has 506 valence electrons. The molecule has 0 spiro atoms. The van der Waals surface area contributed by atoms with Crippen molar-refractivity contribution in [3.8, 4) is 0 Å². The van der Waals surface area contributed by atoms with Gasteiger partial charge in [-0.25, -0.2) is 9.18 Å². The number of halogens is 1. The van der Waals surface area contributed by atoms with Gasteiger partial charge < -0.3 is 91.4 Å². The van der Waals surface area contributed by atoms with Crippen LogP contribution in [-0.4, -0.2) is 184 Å². The Morgan fingerprint density at radius 1 is 0.500 bits per heavy atom. The number of amides is 11. The fraction of sp³-hybridized carbons (Fsp3) is 0.649.